The summed E-state index contributed by atoms with van der Waals surface area (Å²) in [6.45, 7) is 11.1. The van der Waals surface area contributed by atoms with Crippen LogP contribution in [0.1, 0.15) is 54.6 Å². The predicted octanol–water partition coefficient (Wildman–Crippen LogP) is 2.45. The number of nitrogens with one attached hydrogen (secondary N) is 2. The van der Waals surface area contributed by atoms with E-state index in [4.69, 9.17) is 0 Å². The fraction of sp³-hybridized carbons (Fsp3) is 0.650. The van der Waals surface area contributed by atoms with Crippen LogP contribution in [-0.2, 0) is 10.0 Å². The minimum Gasteiger partial charge on any atom is -0.351 e. The van der Waals surface area contributed by atoms with E-state index in [1.807, 2.05) is 13.8 Å². The number of aryl methyl sites for hydroxylation is 1. The average molecular weight is 396 g/mol. The first-order valence-electron chi connectivity index (χ1n) is 9.87. The second-order valence-corrected chi connectivity index (χ2v) is 9.42. The summed E-state index contributed by atoms with van der Waals surface area (Å²) in [6, 6.07) is 3.30. The Morgan fingerprint density at radius 3 is 2.44 bits per heavy atom. The third-order valence-corrected chi connectivity index (χ3v) is 7.28. The number of carbonyl (C=O) groups excluding carboxylic acids is 1. The monoisotopic (exact) mass is 395 g/mol. The van der Waals surface area contributed by atoms with E-state index in [-0.39, 0.29) is 10.8 Å². The Kier molecular flexibility index (Phi) is 7.82. The number of sulfonamides is 1. The van der Waals surface area contributed by atoms with Crippen LogP contribution in [0.2, 0.25) is 0 Å². The molecule has 0 radical (unpaired) electrons. The highest BCUT2D eigenvalue weighted by atomic mass is 32.2. The molecule has 0 spiro atoms. The van der Waals surface area contributed by atoms with Crippen LogP contribution >= 0.6 is 0 Å². The van der Waals surface area contributed by atoms with E-state index >= 15 is 0 Å². The van der Waals surface area contributed by atoms with Gasteiger partial charge >= 0.3 is 0 Å². The van der Waals surface area contributed by atoms with Gasteiger partial charge in [0.15, 0.2) is 0 Å². The van der Waals surface area contributed by atoms with Gasteiger partial charge in [-0.05, 0) is 68.8 Å². The van der Waals surface area contributed by atoms with Crippen molar-refractivity contribution in [2.75, 3.05) is 32.7 Å². The van der Waals surface area contributed by atoms with Gasteiger partial charge in [-0.2, -0.15) is 4.31 Å². The number of hydrogen-bond donors (Lipinski definition) is 2. The molecule has 1 saturated heterocycles. The number of benzene rings is 1. The Balaban J connectivity index is 2.18. The molecule has 1 aliphatic heterocycles. The highest BCUT2D eigenvalue weighted by Crippen LogP contribution is 2.28. The molecule has 1 fully saturated rings. The summed E-state index contributed by atoms with van der Waals surface area (Å²) < 4.78 is 27.9. The normalized spacial score (nSPS) is 16.4. The lowest BCUT2D eigenvalue weighted by atomic mass is 10.0. The van der Waals surface area contributed by atoms with Gasteiger partial charge in [0.1, 0.15) is 0 Å². The summed E-state index contributed by atoms with van der Waals surface area (Å²) in [5.74, 6) is 0.317. The van der Waals surface area contributed by atoms with E-state index in [0.717, 1.165) is 36.9 Å². The number of amides is 1. The Morgan fingerprint density at radius 2 is 1.81 bits per heavy atom. The first-order valence-corrected chi connectivity index (χ1v) is 11.3. The third kappa shape index (κ3) is 5.53. The van der Waals surface area contributed by atoms with E-state index in [1.165, 1.54) is 6.07 Å². The van der Waals surface area contributed by atoms with Crippen molar-refractivity contribution in [2.24, 2.45) is 5.92 Å². The zero-order valence-corrected chi connectivity index (χ0v) is 17.8. The van der Waals surface area contributed by atoms with Gasteiger partial charge in [0.05, 0.1) is 4.90 Å². The minimum atomic E-state index is -3.59. The number of rotatable bonds is 8. The smallest absolute Gasteiger partial charge is 0.251 e. The number of hydrogen-bond acceptors (Lipinski definition) is 4. The first kappa shape index (κ1) is 21.9. The van der Waals surface area contributed by atoms with Gasteiger partial charge in [-0.1, -0.05) is 13.8 Å². The Labute approximate surface area is 163 Å². The topological polar surface area (TPSA) is 78.5 Å². The van der Waals surface area contributed by atoms with Crippen LogP contribution in [0.4, 0.5) is 0 Å². The molecule has 2 rings (SSSR count). The van der Waals surface area contributed by atoms with Gasteiger partial charge in [0, 0.05) is 31.7 Å². The molecular formula is C20H33N3O3S. The van der Waals surface area contributed by atoms with Crippen molar-refractivity contribution in [3.63, 3.8) is 0 Å². The van der Waals surface area contributed by atoms with Crippen LogP contribution in [0.15, 0.2) is 17.0 Å². The van der Waals surface area contributed by atoms with Gasteiger partial charge in [-0.25, -0.2) is 8.42 Å². The molecule has 1 aromatic rings. The van der Waals surface area contributed by atoms with Crippen LogP contribution in [0, 0.1) is 19.8 Å². The van der Waals surface area contributed by atoms with Crippen molar-refractivity contribution < 1.29 is 13.2 Å². The van der Waals surface area contributed by atoms with E-state index in [0.29, 0.717) is 37.7 Å². The molecule has 27 heavy (non-hydrogen) atoms. The lowest BCUT2D eigenvalue weighted by molar-refractivity contribution is 0.0953. The average Bonchev–Trinajstić information content (AvgIpc) is 2.63. The van der Waals surface area contributed by atoms with Crippen molar-refractivity contribution in [1.29, 1.82) is 0 Å². The molecule has 0 bridgehead atoms. The van der Waals surface area contributed by atoms with Crippen molar-refractivity contribution in [3.8, 4) is 0 Å². The summed E-state index contributed by atoms with van der Waals surface area (Å²) in [5, 5.41) is 6.09. The lowest BCUT2D eigenvalue weighted by Gasteiger charge is -2.30. The first-order chi connectivity index (χ1) is 12.8. The van der Waals surface area contributed by atoms with Crippen molar-refractivity contribution in [1.82, 2.24) is 14.9 Å². The Bertz CT molecular complexity index is 754. The zero-order valence-electron chi connectivity index (χ0n) is 17.0. The third-order valence-electron chi connectivity index (χ3n) is 5.26. The molecule has 1 heterocycles. The molecule has 1 amide bonds. The number of carbonyl (C=O) groups is 1. The van der Waals surface area contributed by atoms with Crippen LogP contribution in [-0.4, -0.2) is 51.4 Å². The minimum absolute atomic E-state index is 0.236. The van der Waals surface area contributed by atoms with Crippen molar-refractivity contribution >= 4 is 15.9 Å². The van der Waals surface area contributed by atoms with Crippen LogP contribution < -0.4 is 10.6 Å². The lowest BCUT2D eigenvalue weighted by Crippen LogP contribution is -2.38. The van der Waals surface area contributed by atoms with E-state index < -0.39 is 10.0 Å². The maximum atomic E-state index is 13.2. The number of piperidine rings is 1. The predicted molar refractivity (Wildman–Crippen MR) is 109 cm³/mol. The largest absolute Gasteiger partial charge is 0.351 e. The quantitative estimate of drug-likeness (QED) is 0.663. The van der Waals surface area contributed by atoms with Crippen molar-refractivity contribution in [2.45, 2.75) is 51.9 Å². The van der Waals surface area contributed by atoms with Crippen molar-refractivity contribution in [3.05, 3.63) is 28.8 Å². The Morgan fingerprint density at radius 1 is 1.15 bits per heavy atom. The Hall–Kier alpha value is -1.44. The molecule has 2 N–H and O–H groups in total. The van der Waals surface area contributed by atoms with E-state index in [2.05, 4.69) is 24.5 Å². The second kappa shape index (κ2) is 9.66. The summed E-state index contributed by atoms with van der Waals surface area (Å²) in [6.07, 6.45) is 2.80. The fourth-order valence-corrected chi connectivity index (χ4v) is 5.05. The van der Waals surface area contributed by atoms with Gasteiger partial charge < -0.3 is 10.6 Å². The molecule has 152 valence electrons. The molecule has 0 aromatic heterocycles. The maximum Gasteiger partial charge on any atom is 0.251 e. The molecule has 0 aliphatic carbocycles. The molecule has 0 atom stereocenters. The van der Waals surface area contributed by atoms with Gasteiger partial charge in [-0.3, -0.25) is 4.79 Å². The highest BCUT2D eigenvalue weighted by Gasteiger charge is 2.30. The summed E-state index contributed by atoms with van der Waals surface area (Å²) in [4.78, 5) is 12.7. The van der Waals surface area contributed by atoms with Gasteiger partial charge in [0.25, 0.3) is 5.91 Å². The molecule has 1 aliphatic rings. The van der Waals surface area contributed by atoms with Gasteiger partial charge in [-0.15, -0.1) is 0 Å². The molecule has 7 heteroatoms. The molecule has 0 unspecified atom stereocenters. The molecule has 1 aromatic carbocycles. The maximum absolute atomic E-state index is 13.2. The molecule has 0 saturated carbocycles. The molecule has 6 nitrogen and oxygen atoms in total. The summed E-state index contributed by atoms with van der Waals surface area (Å²) in [7, 11) is -3.59. The highest BCUT2D eigenvalue weighted by molar-refractivity contribution is 7.89. The molecular weight excluding hydrogens is 362 g/mol. The summed E-state index contributed by atoms with van der Waals surface area (Å²) in [5.41, 5.74) is 1.93. The SMILES string of the molecule is CCCNCCNC(=O)c1cc(C)c(C)c(S(=O)(=O)N2CCC(C)CC2)c1. The fourth-order valence-electron chi connectivity index (χ4n) is 3.26. The van der Waals surface area contributed by atoms with E-state index in [9.17, 15) is 13.2 Å². The second-order valence-electron chi connectivity index (χ2n) is 7.51. The van der Waals surface area contributed by atoms with Gasteiger partial charge in [0.2, 0.25) is 10.0 Å². The standard InChI is InChI=1S/C20H33N3O3S/c1-5-8-21-9-10-22-20(24)18-13-16(3)17(4)19(14-18)27(25,26)23-11-6-15(2)7-12-23/h13-15,21H,5-12H2,1-4H3,(H,22,24). The van der Waals surface area contributed by atoms with E-state index in [1.54, 1.807) is 10.4 Å². The zero-order chi connectivity index (χ0) is 20.0. The summed E-state index contributed by atoms with van der Waals surface area (Å²) >= 11 is 0. The van der Waals surface area contributed by atoms with Crippen LogP contribution in [0.3, 0.4) is 0 Å². The van der Waals surface area contributed by atoms with Crippen LogP contribution in [0.25, 0.3) is 0 Å². The van der Waals surface area contributed by atoms with Crippen LogP contribution in [0.5, 0.6) is 0 Å². The number of nitrogens with zero attached hydrogens (tertiary/aromatic N) is 1.